The third-order valence-electron chi connectivity index (χ3n) is 7.19. The number of fused-ring (bicyclic) bond motifs is 1. The van der Waals surface area contributed by atoms with E-state index in [9.17, 15) is 29.7 Å². The number of esters is 1. The van der Waals surface area contributed by atoms with Gasteiger partial charge in [-0.25, -0.2) is 0 Å². The van der Waals surface area contributed by atoms with Crippen LogP contribution in [0.2, 0.25) is 0 Å². The van der Waals surface area contributed by atoms with Gasteiger partial charge in [0.15, 0.2) is 0 Å². The number of ether oxygens (including phenoxy) is 1. The van der Waals surface area contributed by atoms with Gasteiger partial charge in [-0.15, -0.1) is 0 Å². The van der Waals surface area contributed by atoms with Crippen molar-refractivity contribution >= 4 is 17.9 Å². The molecule has 0 bridgehead atoms. The highest BCUT2D eigenvalue weighted by Crippen LogP contribution is 2.45. The van der Waals surface area contributed by atoms with Crippen molar-refractivity contribution in [3.8, 4) is 0 Å². The first kappa shape index (κ1) is 27.1. The molecule has 2 aliphatic carbocycles. The first-order valence-corrected chi connectivity index (χ1v) is 11.8. The molecule has 4 N–H and O–H groups in total. The van der Waals surface area contributed by atoms with Crippen molar-refractivity contribution in [3.63, 3.8) is 0 Å². The number of carboxylic acid groups (broad SMARTS) is 2. The summed E-state index contributed by atoms with van der Waals surface area (Å²) in [7, 11) is 0. The summed E-state index contributed by atoms with van der Waals surface area (Å²) >= 11 is 0. The largest absolute Gasteiger partial charge is 0.481 e. The Hall–Kier alpha value is -2.19. The van der Waals surface area contributed by atoms with Gasteiger partial charge in [0.05, 0.1) is 30.0 Å². The van der Waals surface area contributed by atoms with Crippen LogP contribution in [0.15, 0.2) is 23.8 Å². The van der Waals surface area contributed by atoms with Gasteiger partial charge >= 0.3 is 17.9 Å². The van der Waals surface area contributed by atoms with Crippen LogP contribution >= 0.6 is 0 Å². The Labute approximate surface area is 195 Å². The van der Waals surface area contributed by atoms with E-state index in [1.54, 1.807) is 6.08 Å². The lowest BCUT2D eigenvalue weighted by molar-refractivity contribution is -0.166. The Morgan fingerprint density at radius 1 is 1.18 bits per heavy atom. The second-order valence-electron chi connectivity index (χ2n) is 10.2. The quantitative estimate of drug-likeness (QED) is 0.340. The van der Waals surface area contributed by atoms with Gasteiger partial charge in [-0.1, -0.05) is 32.1 Å². The minimum atomic E-state index is -1.12. The van der Waals surface area contributed by atoms with Crippen LogP contribution in [-0.2, 0) is 19.1 Å². The third kappa shape index (κ3) is 7.14. The molecule has 0 unspecified atom stereocenters. The highest BCUT2D eigenvalue weighted by molar-refractivity contribution is 5.76. The van der Waals surface area contributed by atoms with Crippen LogP contribution in [0, 0.1) is 29.1 Å². The molecule has 0 saturated heterocycles. The van der Waals surface area contributed by atoms with Crippen LogP contribution in [0.4, 0.5) is 0 Å². The number of carbonyl (C=O) groups is 3. The third-order valence-corrected chi connectivity index (χ3v) is 7.19. The first-order chi connectivity index (χ1) is 15.4. The van der Waals surface area contributed by atoms with Crippen molar-refractivity contribution in [3.05, 3.63) is 23.8 Å². The fourth-order valence-electron chi connectivity index (χ4n) is 4.72. The second kappa shape index (κ2) is 11.3. The summed E-state index contributed by atoms with van der Waals surface area (Å²) in [5.74, 6) is -3.23. The molecular formula is C25H38O8. The number of carboxylic acids is 2. The fourth-order valence-corrected chi connectivity index (χ4v) is 4.72. The van der Waals surface area contributed by atoms with Crippen molar-refractivity contribution < 1.29 is 39.5 Å². The maximum absolute atomic E-state index is 12.9. The topological polar surface area (TPSA) is 141 Å². The molecule has 7 atom stereocenters. The molecular weight excluding hydrogens is 428 g/mol. The maximum atomic E-state index is 12.9. The lowest BCUT2D eigenvalue weighted by Gasteiger charge is -2.43. The zero-order valence-electron chi connectivity index (χ0n) is 19.9. The van der Waals surface area contributed by atoms with Crippen LogP contribution in [-0.4, -0.2) is 56.6 Å². The van der Waals surface area contributed by atoms with E-state index in [1.807, 2.05) is 39.8 Å². The molecule has 0 radical (unpaired) electrons. The molecule has 0 fully saturated rings. The van der Waals surface area contributed by atoms with Gasteiger partial charge < -0.3 is 25.2 Å². The second-order valence-corrected chi connectivity index (χ2v) is 10.2. The van der Waals surface area contributed by atoms with Crippen LogP contribution in [0.5, 0.6) is 0 Å². The zero-order valence-corrected chi connectivity index (χ0v) is 19.9. The highest BCUT2D eigenvalue weighted by Gasteiger charge is 2.44. The van der Waals surface area contributed by atoms with E-state index in [0.29, 0.717) is 19.3 Å². The van der Waals surface area contributed by atoms with Crippen molar-refractivity contribution in [2.24, 2.45) is 29.1 Å². The van der Waals surface area contributed by atoms with E-state index in [-0.39, 0.29) is 36.6 Å². The van der Waals surface area contributed by atoms with Gasteiger partial charge in [0, 0.05) is 12.3 Å². The zero-order chi connectivity index (χ0) is 24.9. The number of aliphatic carboxylic acids is 2. The predicted octanol–water partition coefficient (Wildman–Crippen LogP) is 3.17. The molecule has 0 aromatic carbocycles. The van der Waals surface area contributed by atoms with Crippen molar-refractivity contribution in [2.75, 3.05) is 0 Å². The van der Waals surface area contributed by atoms with Gasteiger partial charge in [0.2, 0.25) is 0 Å². The van der Waals surface area contributed by atoms with Crippen LogP contribution in [0.1, 0.15) is 66.2 Å². The standard InChI is InChI=1S/C25H38O8/c1-5-25(3,4)24(32)33-20-11-16(23(30)31)10-15-7-6-14(2)19(22(15)20)9-8-17(26)12-18(27)13-21(28)29/h6-7,10,14,16-20,22,26-27H,5,8-9,11-13H2,1-4H3,(H,28,29)(H,30,31)/t14-,16+,17+,18+,19-,20-,22-/m0/s1. The number of hydrogen-bond donors (Lipinski definition) is 4. The molecule has 0 heterocycles. The predicted molar refractivity (Wildman–Crippen MR) is 121 cm³/mol. The Kier molecular flexibility index (Phi) is 9.26. The van der Waals surface area contributed by atoms with E-state index in [2.05, 4.69) is 0 Å². The molecule has 33 heavy (non-hydrogen) atoms. The van der Waals surface area contributed by atoms with E-state index in [1.165, 1.54) is 0 Å². The van der Waals surface area contributed by atoms with Crippen molar-refractivity contribution in [2.45, 2.75) is 84.5 Å². The summed E-state index contributed by atoms with van der Waals surface area (Å²) in [5, 5.41) is 38.6. The molecule has 2 rings (SSSR count). The Balaban J connectivity index is 2.21. The average molecular weight is 467 g/mol. The fraction of sp³-hybridized carbons (Fsp3) is 0.720. The molecule has 0 saturated carbocycles. The minimum Gasteiger partial charge on any atom is -0.481 e. The van der Waals surface area contributed by atoms with Gasteiger partial charge in [-0.05, 0) is 56.9 Å². The Bertz CT molecular complexity index is 783. The number of carbonyl (C=O) groups excluding carboxylic acids is 1. The smallest absolute Gasteiger partial charge is 0.311 e. The van der Waals surface area contributed by atoms with Gasteiger partial charge in [0.25, 0.3) is 0 Å². The van der Waals surface area contributed by atoms with Crippen LogP contribution in [0.3, 0.4) is 0 Å². The monoisotopic (exact) mass is 466 g/mol. The molecule has 0 spiro atoms. The van der Waals surface area contributed by atoms with Crippen molar-refractivity contribution in [1.29, 1.82) is 0 Å². The SMILES string of the molecule is CCC(C)(C)C(=O)O[C@H]1C[C@H](C(=O)O)C=C2C=C[C@H](C)[C@H](CC[C@@H](O)C[C@@H](O)CC(=O)O)[C@H]21. The number of hydrogen-bond acceptors (Lipinski definition) is 6. The number of aliphatic hydroxyl groups is 2. The molecule has 186 valence electrons. The molecule has 0 aromatic rings. The molecule has 8 heteroatoms. The summed E-state index contributed by atoms with van der Waals surface area (Å²) in [5.41, 5.74) is 0.159. The van der Waals surface area contributed by atoms with E-state index in [0.717, 1.165) is 5.57 Å². The number of rotatable bonds is 11. The lowest BCUT2D eigenvalue weighted by Crippen LogP contribution is -2.44. The molecule has 0 aromatic heterocycles. The van der Waals surface area contributed by atoms with E-state index < -0.39 is 48.0 Å². The molecule has 8 nitrogen and oxygen atoms in total. The summed E-state index contributed by atoms with van der Waals surface area (Å²) in [6, 6.07) is 0. The maximum Gasteiger partial charge on any atom is 0.311 e. The van der Waals surface area contributed by atoms with E-state index >= 15 is 0 Å². The Morgan fingerprint density at radius 3 is 2.42 bits per heavy atom. The average Bonchev–Trinajstić information content (AvgIpc) is 2.72. The van der Waals surface area contributed by atoms with E-state index in [4.69, 9.17) is 9.84 Å². The summed E-state index contributed by atoms with van der Waals surface area (Å²) in [6.45, 7) is 7.57. The van der Waals surface area contributed by atoms with Crippen molar-refractivity contribution in [1.82, 2.24) is 0 Å². The summed E-state index contributed by atoms with van der Waals surface area (Å²) < 4.78 is 5.95. The number of aliphatic hydroxyl groups excluding tert-OH is 2. The summed E-state index contributed by atoms with van der Waals surface area (Å²) in [4.78, 5) is 35.4. The normalized spacial score (nSPS) is 28.9. The number of allylic oxidation sites excluding steroid dienone is 2. The van der Waals surface area contributed by atoms with Crippen LogP contribution in [0.25, 0.3) is 0 Å². The minimum absolute atomic E-state index is 0.00444. The summed E-state index contributed by atoms with van der Waals surface area (Å²) in [6.07, 6.45) is 4.37. The van der Waals surface area contributed by atoms with Gasteiger partial charge in [0.1, 0.15) is 6.10 Å². The first-order valence-electron chi connectivity index (χ1n) is 11.8. The van der Waals surface area contributed by atoms with Crippen LogP contribution < -0.4 is 0 Å². The lowest BCUT2D eigenvalue weighted by atomic mass is 9.65. The molecule has 2 aliphatic rings. The van der Waals surface area contributed by atoms with Gasteiger partial charge in [-0.3, -0.25) is 14.4 Å². The Morgan fingerprint density at radius 2 is 1.85 bits per heavy atom. The molecule has 0 amide bonds. The molecule has 0 aliphatic heterocycles. The van der Waals surface area contributed by atoms with Gasteiger partial charge in [-0.2, -0.15) is 0 Å². The highest BCUT2D eigenvalue weighted by atomic mass is 16.5.